The van der Waals surface area contributed by atoms with Crippen molar-refractivity contribution in [2.24, 2.45) is 0 Å². The number of aromatic nitrogens is 7. The summed E-state index contributed by atoms with van der Waals surface area (Å²) in [6, 6.07) is 9.87. The van der Waals surface area contributed by atoms with Crippen molar-refractivity contribution in [2.45, 2.75) is 0 Å². The number of nitrogens with zero attached hydrogens (tertiary/aromatic N) is 6. The zero-order valence-corrected chi connectivity index (χ0v) is 20.6. The first kappa shape index (κ1) is 23.5. The van der Waals surface area contributed by atoms with E-state index in [0.717, 1.165) is 10.9 Å². The fourth-order valence-electron chi connectivity index (χ4n) is 4.23. The molecule has 1 aromatic carbocycles. The Morgan fingerprint density at radius 1 is 1.03 bits per heavy atom. The second kappa shape index (κ2) is 9.52. The molecule has 0 aliphatic heterocycles. The number of imidazole rings is 1. The van der Waals surface area contributed by atoms with E-state index >= 15 is 0 Å². The average molecular weight is 511 g/mol. The topological polar surface area (TPSA) is 129 Å². The van der Waals surface area contributed by atoms with E-state index < -0.39 is 5.82 Å². The van der Waals surface area contributed by atoms with Gasteiger partial charge in [0.15, 0.2) is 11.5 Å². The van der Waals surface area contributed by atoms with E-state index in [1.165, 1.54) is 18.3 Å². The van der Waals surface area contributed by atoms with E-state index in [1.807, 2.05) is 25.1 Å². The molecule has 0 spiro atoms. The maximum atomic E-state index is 14.5. The lowest BCUT2D eigenvalue weighted by molar-refractivity contribution is 0.260. The smallest absolute Gasteiger partial charge is 0.160 e. The number of rotatable bonds is 7. The largest absolute Gasteiger partial charge is 0.506 e. The van der Waals surface area contributed by atoms with Gasteiger partial charge in [0.1, 0.15) is 35.1 Å². The number of nitrogens with one attached hydrogen (secondary N) is 2. The van der Waals surface area contributed by atoms with Gasteiger partial charge in [0.05, 0.1) is 23.6 Å². The predicted molar refractivity (Wildman–Crippen MR) is 141 cm³/mol. The number of H-pyrrole nitrogens is 2. The van der Waals surface area contributed by atoms with Gasteiger partial charge in [-0.05, 0) is 50.0 Å². The first-order valence-corrected chi connectivity index (χ1v) is 11.9. The second-order valence-corrected chi connectivity index (χ2v) is 9.09. The van der Waals surface area contributed by atoms with Gasteiger partial charge in [-0.2, -0.15) is 5.10 Å². The summed E-state index contributed by atoms with van der Waals surface area (Å²) in [5.41, 5.74) is 5.05. The summed E-state index contributed by atoms with van der Waals surface area (Å²) in [4.78, 5) is 23.0. The second-order valence-electron chi connectivity index (χ2n) is 9.09. The van der Waals surface area contributed by atoms with Gasteiger partial charge in [-0.3, -0.25) is 15.1 Å². The van der Waals surface area contributed by atoms with Crippen LogP contribution in [0.1, 0.15) is 0 Å². The highest BCUT2D eigenvalue weighted by atomic mass is 19.1. The highest BCUT2D eigenvalue weighted by Crippen LogP contribution is 2.33. The third-order valence-electron chi connectivity index (χ3n) is 6.07. The molecule has 5 heterocycles. The Labute approximate surface area is 216 Å². The molecule has 3 N–H and O–H groups in total. The molecule has 10 nitrogen and oxygen atoms in total. The molecule has 0 fully saturated rings. The predicted octanol–water partition coefficient (Wildman–Crippen LogP) is 4.41. The Balaban J connectivity index is 1.40. The van der Waals surface area contributed by atoms with Gasteiger partial charge in [0.25, 0.3) is 0 Å². The maximum absolute atomic E-state index is 14.5. The van der Waals surface area contributed by atoms with E-state index in [1.54, 1.807) is 36.8 Å². The van der Waals surface area contributed by atoms with Gasteiger partial charge in [-0.25, -0.2) is 14.4 Å². The van der Waals surface area contributed by atoms with Crippen LogP contribution in [0.3, 0.4) is 0 Å². The molecule has 0 amide bonds. The van der Waals surface area contributed by atoms with Crippen LogP contribution in [0.5, 0.6) is 11.5 Å². The van der Waals surface area contributed by atoms with Crippen molar-refractivity contribution in [1.29, 1.82) is 0 Å². The Kier molecular flexibility index (Phi) is 5.89. The van der Waals surface area contributed by atoms with Crippen LogP contribution in [0.4, 0.5) is 4.39 Å². The molecule has 0 bridgehead atoms. The van der Waals surface area contributed by atoms with Crippen molar-refractivity contribution in [2.75, 3.05) is 27.2 Å². The molecule has 0 aliphatic rings. The molecule has 0 radical (unpaired) electrons. The minimum atomic E-state index is -0.400. The lowest BCUT2D eigenvalue weighted by Crippen LogP contribution is -2.19. The molecule has 0 saturated carbocycles. The summed E-state index contributed by atoms with van der Waals surface area (Å²) in [7, 11) is 3.90. The Morgan fingerprint density at radius 3 is 2.76 bits per heavy atom. The van der Waals surface area contributed by atoms with Crippen LogP contribution in [0.2, 0.25) is 0 Å². The SMILES string of the molecule is CN(C)CCOc1cc(F)cc(-c2ccnc3[nH]c(-c4n[nH]c5cnc(-c6cncc(O)c6)cc45)nc23)c1. The summed E-state index contributed by atoms with van der Waals surface area (Å²) in [5.74, 6) is 0.595. The van der Waals surface area contributed by atoms with Crippen LogP contribution >= 0.6 is 0 Å². The van der Waals surface area contributed by atoms with E-state index in [4.69, 9.17) is 9.72 Å². The van der Waals surface area contributed by atoms with E-state index in [-0.39, 0.29) is 5.75 Å². The van der Waals surface area contributed by atoms with Crippen LogP contribution in [-0.4, -0.2) is 72.4 Å². The van der Waals surface area contributed by atoms with Crippen LogP contribution in [0, 0.1) is 5.82 Å². The van der Waals surface area contributed by atoms with E-state index in [0.29, 0.717) is 64.0 Å². The summed E-state index contributed by atoms with van der Waals surface area (Å²) in [5, 5.41) is 18.0. The standard InChI is InChI=1S/C27H23FN8O2/c1-36(2)5-6-38-19-9-15(7-17(28)10-19)20-3-4-30-26-24(20)32-27(33-26)25-21-11-22(31-14-23(21)34-35-25)16-8-18(37)13-29-12-16/h3-4,7-14,37H,5-6H2,1-2H3,(H,34,35)(H,30,32,33). The Morgan fingerprint density at radius 2 is 1.92 bits per heavy atom. The molecule has 6 rings (SSSR count). The summed E-state index contributed by atoms with van der Waals surface area (Å²) in [6.45, 7) is 1.15. The molecule has 6 aromatic rings. The minimum absolute atomic E-state index is 0.0521. The highest BCUT2D eigenvalue weighted by Gasteiger charge is 2.18. The van der Waals surface area contributed by atoms with Crippen molar-refractivity contribution in [1.82, 2.24) is 40.0 Å². The van der Waals surface area contributed by atoms with Crippen molar-refractivity contribution < 1.29 is 14.2 Å². The first-order valence-electron chi connectivity index (χ1n) is 11.9. The van der Waals surface area contributed by atoms with Gasteiger partial charge < -0.3 is 19.7 Å². The molecule has 38 heavy (non-hydrogen) atoms. The van der Waals surface area contributed by atoms with Gasteiger partial charge in [-0.1, -0.05) is 0 Å². The molecular weight excluding hydrogens is 487 g/mol. The van der Waals surface area contributed by atoms with Gasteiger partial charge in [0, 0.05) is 41.5 Å². The molecular formula is C27H23FN8O2. The van der Waals surface area contributed by atoms with Crippen LogP contribution in [-0.2, 0) is 0 Å². The van der Waals surface area contributed by atoms with Crippen LogP contribution in [0.15, 0.2) is 61.2 Å². The number of aromatic hydroxyl groups is 1. The normalized spacial score (nSPS) is 11.6. The lowest BCUT2D eigenvalue weighted by Gasteiger charge is -2.12. The Bertz CT molecular complexity index is 1780. The lowest BCUT2D eigenvalue weighted by atomic mass is 10.1. The van der Waals surface area contributed by atoms with Crippen molar-refractivity contribution in [3.63, 3.8) is 0 Å². The number of halogens is 1. The number of hydrogen-bond donors (Lipinski definition) is 3. The Hall–Kier alpha value is -4.90. The third-order valence-corrected chi connectivity index (χ3v) is 6.07. The maximum Gasteiger partial charge on any atom is 0.160 e. The van der Waals surface area contributed by atoms with Crippen molar-refractivity contribution in [3.8, 4) is 45.4 Å². The number of aromatic amines is 2. The molecule has 11 heteroatoms. The molecule has 0 unspecified atom stereocenters. The average Bonchev–Trinajstić information content (AvgIpc) is 3.51. The summed E-state index contributed by atoms with van der Waals surface area (Å²) in [6.07, 6.45) is 6.31. The molecule has 5 aromatic heterocycles. The number of fused-ring (bicyclic) bond motifs is 2. The summed E-state index contributed by atoms with van der Waals surface area (Å²) >= 11 is 0. The minimum Gasteiger partial charge on any atom is -0.506 e. The molecule has 190 valence electrons. The highest BCUT2D eigenvalue weighted by molar-refractivity contribution is 5.96. The van der Waals surface area contributed by atoms with E-state index in [2.05, 4.69) is 30.1 Å². The van der Waals surface area contributed by atoms with Gasteiger partial charge in [0.2, 0.25) is 0 Å². The molecule has 0 saturated heterocycles. The number of ether oxygens (including phenoxy) is 1. The van der Waals surface area contributed by atoms with Crippen molar-refractivity contribution >= 4 is 22.1 Å². The summed E-state index contributed by atoms with van der Waals surface area (Å²) < 4.78 is 20.3. The van der Waals surface area contributed by atoms with Crippen molar-refractivity contribution in [3.05, 3.63) is 67.0 Å². The van der Waals surface area contributed by atoms with Gasteiger partial charge in [-0.15, -0.1) is 0 Å². The van der Waals surface area contributed by atoms with Crippen LogP contribution < -0.4 is 4.74 Å². The third kappa shape index (κ3) is 4.50. The zero-order valence-electron chi connectivity index (χ0n) is 20.6. The quantitative estimate of drug-likeness (QED) is 0.288. The number of pyridine rings is 3. The first-order chi connectivity index (χ1) is 18.4. The fraction of sp³-hybridized carbons (Fsp3) is 0.148. The number of benzene rings is 1. The fourth-order valence-corrected chi connectivity index (χ4v) is 4.23. The van der Waals surface area contributed by atoms with Crippen LogP contribution in [0.25, 0.3) is 56.0 Å². The van der Waals surface area contributed by atoms with E-state index in [9.17, 15) is 9.50 Å². The number of hydrogen-bond acceptors (Lipinski definition) is 8. The number of likely N-dealkylation sites (N-methyl/N-ethyl adjacent to an activating group) is 1. The monoisotopic (exact) mass is 510 g/mol. The molecule has 0 aliphatic carbocycles. The zero-order chi connectivity index (χ0) is 26.2. The van der Waals surface area contributed by atoms with Gasteiger partial charge >= 0.3 is 0 Å². The molecule has 0 atom stereocenters.